The number of hydrogen-bond acceptors (Lipinski definition) is 4. The van der Waals surface area contributed by atoms with E-state index >= 15 is 0 Å². The van der Waals surface area contributed by atoms with Gasteiger partial charge in [-0.1, -0.05) is 27.7 Å². The molecule has 0 spiro atoms. The maximum Gasteiger partial charge on any atom is 0.162 e. The Labute approximate surface area is 331 Å². The van der Waals surface area contributed by atoms with E-state index in [9.17, 15) is 9.90 Å². The molecule has 1 N–H and O–H groups in total. The first-order valence-corrected chi connectivity index (χ1v) is 25.9. The molecule has 2 aromatic heterocycles. The van der Waals surface area contributed by atoms with Gasteiger partial charge in [-0.25, -0.2) is 0 Å². The topological polar surface area (TPSA) is 50.2 Å². The Bertz CT molecular complexity index is 2130. The normalized spacial score (nSPS) is 12.1. The number of aromatic nitrogens is 1. The van der Waals surface area contributed by atoms with Crippen molar-refractivity contribution >= 4 is 70.1 Å². The molecule has 52 heavy (non-hydrogen) atoms. The third-order valence-corrected chi connectivity index (χ3v) is 19.1. The van der Waals surface area contributed by atoms with Crippen molar-refractivity contribution in [1.29, 1.82) is 0 Å². The summed E-state index contributed by atoms with van der Waals surface area (Å²) in [6.45, 7) is 12.7. The number of carbonyl (C=O) groups is 1. The average Bonchev–Trinajstić information content (AvgIpc) is 3.52. The van der Waals surface area contributed by atoms with Crippen LogP contribution in [0.25, 0.3) is 42.2 Å². The fourth-order valence-corrected chi connectivity index (χ4v) is 14.3. The molecule has 0 fully saturated rings. The number of hydrogen-bond donors (Lipinski definition) is 1. The Morgan fingerprint density at radius 3 is 2.08 bits per heavy atom. The number of nitrogens with zero attached hydrogens (tertiary/aromatic N) is 1. The van der Waals surface area contributed by atoms with Gasteiger partial charge in [0.15, 0.2) is 5.78 Å². The quantitative estimate of drug-likeness (QED) is 0.0576. The van der Waals surface area contributed by atoms with E-state index in [-0.39, 0.29) is 43.5 Å². The van der Waals surface area contributed by atoms with Crippen molar-refractivity contribution in [3.05, 3.63) is 115 Å². The largest absolute Gasteiger partial charge is 0.512 e. The van der Waals surface area contributed by atoms with Crippen molar-refractivity contribution in [3.63, 3.8) is 0 Å². The minimum atomic E-state index is -2.58. The Morgan fingerprint density at radius 2 is 1.42 bits per heavy atom. The van der Waals surface area contributed by atoms with E-state index < -0.39 is 13.3 Å². The molecule has 6 aromatic rings. The first kappa shape index (κ1) is 41.7. The summed E-state index contributed by atoms with van der Waals surface area (Å²) in [5, 5.41) is 14.9. The van der Waals surface area contributed by atoms with Crippen LogP contribution in [0.5, 0.6) is 0 Å². The van der Waals surface area contributed by atoms with Gasteiger partial charge in [0, 0.05) is 38.0 Å². The maximum absolute atomic E-state index is 11.7. The van der Waals surface area contributed by atoms with Crippen LogP contribution in [0, 0.1) is 23.8 Å². The predicted octanol–water partition coefficient (Wildman–Crippen LogP) is 12.0. The van der Waals surface area contributed by atoms with Crippen LogP contribution in [0.15, 0.2) is 103 Å². The molecule has 6 rings (SSSR count). The van der Waals surface area contributed by atoms with Crippen molar-refractivity contribution < 1.29 is 30.0 Å². The van der Waals surface area contributed by atoms with Crippen molar-refractivity contribution in [1.82, 2.24) is 4.98 Å². The molecule has 275 valence electrons. The van der Waals surface area contributed by atoms with E-state index in [2.05, 4.69) is 116 Å². The number of ketones is 1. The van der Waals surface area contributed by atoms with Crippen LogP contribution in [0.4, 0.5) is 0 Å². The van der Waals surface area contributed by atoms with Crippen LogP contribution in [0.1, 0.15) is 72.8 Å². The predicted molar refractivity (Wildman–Crippen MR) is 225 cm³/mol. The van der Waals surface area contributed by atoms with E-state index in [1.165, 1.54) is 51.4 Å². The van der Waals surface area contributed by atoms with Crippen molar-refractivity contribution in [2.45, 2.75) is 85.2 Å². The molecule has 0 aliphatic rings. The number of benzene rings is 4. The van der Waals surface area contributed by atoms with E-state index in [1.54, 1.807) is 0 Å². The fraction of sp³-hybridized carbons (Fsp3) is 0.348. The van der Waals surface area contributed by atoms with Crippen LogP contribution in [-0.4, -0.2) is 29.1 Å². The number of rotatable bonds is 12. The summed E-state index contributed by atoms with van der Waals surface area (Å²) in [6.07, 6.45) is 7.98. The number of fused-ring (bicyclic) bond motifs is 4. The average molecular weight is 950 g/mol. The molecule has 2 heterocycles. The van der Waals surface area contributed by atoms with Gasteiger partial charge in [-0.3, -0.25) is 4.79 Å². The van der Waals surface area contributed by atoms with Crippen LogP contribution >= 0.6 is 11.3 Å². The zero-order chi connectivity index (χ0) is 36.7. The number of aliphatic hydroxyl groups excluding tert-OH is 1. The van der Waals surface area contributed by atoms with Gasteiger partial charge in [-0.2, -0.15) is 0 Å². The molecule has 1 radical (unpaired) electrons. The molecule has 0 saturated carbocycles. The number of pyridine rings is 1. The van der Waals surface area contributed by atoms with Crippen molar-refractivity contribution in [3.8, 4) is 11.3 Å². The van der Waals surface area contributed by atoms with Gasteiger partial charge in [0.2, 0.25) is 0 Å². The molecule has 0 aliphatic heterocycles. The van der Waals surface area contributed by atoms with Crippen LogP contribution in [0.2, 0.25) is 11.5 Å². The fourth-order valence-electron chi connectivity index (χ4n) is 7.24. The monoisotopic (exact) mass is 951 g/mol. The second kappa shape index (κ2) is 18.8. The molecular weight excluding hydrogens is 895 g/mol. The van der Waals surface area contributed by atoms with E-state index in [4.69, 9.17) is 4.98 Å². The number of aliphatic hydroxyl groups is 1. The van der Waals surface area contributed by atoms with Gasteiger partial charge in [0.05, 0.1) is 5.76 Å². The smallest absolute Gasteiger partial charge is 0.162 e. The summed E-state index contributed by atoms with van der Waals surface area (Å²) >= 11 is -0.683. The van der Waals surface area contributed by atoms with E-state index in [1.807, 2.05) is 45.2 Å². The zero-order valence-corrected chi connectivity index (χ0v) is 37.4. The summed E-state index contributed by atoms with van der Waals surface area (Å²) < 4.78 is 5.65. The number of carbonyl (C=O) groups excluding carboxylic acids is 1. The molecule has 0 saturated heterocycles. The van der Waals surface area contributed by atoms with Crippen LogP contribution in [0.3, 0.4) is 0 Å². The second-order valence-electron chi connectivity index (χ2n) is 14.7. The molecule has 4 aromatic carbocycles. The molecule has 0 bridgehead atoms. The minimum absolute atomic E-state index is 0. The van der Waals surface area contributed by atoms with Crippen molar-refractivity contribution in [2.24, 2.45) is 17.8 Å². The Morgan fingerprint density at radius 1 is 0.808 bits per heavy atom. The van der Waals surface area contributed by atoms with Gasteiger partial charge in [-0.05, 0) is 25.7 Å². The zero-order valence-electron chi connectivity index (χ0n) is 32.0. The minimum Gasteiger partial charge on any atom is -0.512 e. The maximum atomic E-state index is 11.7. The second-order valence-corrected chi connectivity index (χ2v) is 24.8. The van der Waals surface area contributed by atoms with Gasteiger partial charge in [-0.15, -0.1) is 0 Å². The first-order chi connectivity index (χ1) is 24.5. The molecular formula is C46H54GeIrNO2S-. The first-order valence-electron chi connectivity index (χ1n) is 18.8. The molecule has 6 heteroatoms. The van der Waals surface area contributed by atoms with Gasteiger partial charge in [0.25, 0.3) is 0 Å². The molecule has 0 aliphatic carbocycles. The summed E-state index contributed by atoms with van der Waals surface area (Å²) in [6, 6.07) is 35.0. The molecule has 0 amide bonds. The standard InChI is InChI=1S/C33H30GeNS.C13H24O2.Ir/c1-22(2)19-24-12-10-16-28-29-17-18-35-31(33(29)36-32(24)28)25-20-23-11-8-9-15-27(23)30(21-25)34(3,4)26-13-6-5-7-14-26;1-5-10(6-2)12(14)9-13(15)11(7-3)8-4;/h5-18,21-22H,19H2,1-4H3;9-11,14H,5-8H2,1-4H3;/q-1;;/b;12-9-;. The number of thiophene rings is 1. The Hall–Kier alpha value is -3.09. The summed E-state index contributed by atoms with van der Waals surface area (Å²) in [5.74, 6) is 6.19. The molecule has 0 atom stereocenters. The van der Waals surface area contributed by atoms with Crippen LogP contribution in [-0.2, 0) is 31.3 Å². The molecule has 0 unspecified atom stereocenters. The Kier molecular flexibility index (Phi) is 15.1. The van der Waals surface area contributed by atoms with Gasteiger partial charge >= 0.3 is 221 Å². The summed E-state index contributed by atoms with van der Waals surface area (Å²) in [5.41, 5.74) is 3.61. The third kappa shape index (κ3) is 9.16. The van der Waals surface area contributed by atoms with Gasteiger partial charge in [0.1, 0.15) is 0 Å². The summed E-state index contributed by atoms with van der Waals surface area (Å²) in [7, 11) is 0. The van der Waals surface area contributed by atoms with Crippen molar-refractivity contribution in [2.75, 3.05) is 0 Å². The van der Waals surface area contributed by atoms with E-state index in [0.29, 0.717) is 5.92 Å². The van der Waals surface area contributed by atoms with E-state index in [0.717, 1.165) is 43.4 Å². The Balaban J connectivity index is 0.000000323. The molecule has 3 nitrogen and oxygen atoms in total. The van der Waals surface area contributed by atoms with Gasteiger partial charge < -0.3 is 5.11 Å². The van der Waals surface area contributed by atoms with Crippen LogP contribution < -0.4 is 8.79 Å². The third-order valence-electron chi connectivity index (χ3n) is 10.4. The number of allylic oxidation sites excluding steroid dienone is 2. The summed E-state index contributed by atoms with van der Waals surface area (Å²) in [4.78, 5) is 16.7. The SMILES string of the molecule is CC(C)Cc1cccc2c1sc1c(-c3[c-]c4ccccc4[c]([Ge]([CH3])([CH3])[c]4ccccc4)c3)nccc12.CCC(CC)C(=O)/C=C(\O)C(CC)CC.[Ir].